The van der Waals surface area contributed by atoms with Crippen molar-refractivity contribution in [3.63, 3.8) is 0 Å². The summed E-state index contributed by atoms with van der Waals surface area (Å²) in [5.74, 6) is 1.30. The largest absolute Gasteiger partial charge is 0.496 e. The maximum absolute atomic E-state index is 5.84. The Balaban J connectivity index is 2.07. The van der Waals surface area contributed by atoms with Crippen LogP contribution in [0.3, 0.4) is 0 Å². The molecule has 0 unspecified atom stereocenters. The summed E-state index contributed by atoms with van der Waals surface area (Å²) in [5, 5.41) is 0.607. The molecule has 0 saturated carbocycles. The van der Waals surface area contributed by atoms with Crippen molar-refractivity contribution >= 4 is 11.6 Å². The zero-order chi connectivity index (χ0) is 12.1. The number of benzene rings is 1. The molecule has 3 nitrogen and oxygen atoms in total. The minimum Gasteiger partial charge on any atom is -0.496 e. The number of pyridine rings is 1. The zero-order valence-electron chi connectivity index (χ0n) is 9.39. The van der Waals surface area contributed by atoms with Crippen LogP contribution in [0.1, 0.15) is 5.56 Å². The van der Waals surface area contributed by atoms with Gasteiger partial charge in [-0.15, -0.1) is 0 Å². The van der Waals surface area contributed by atoms with E-state index in [1.807, 2.05) is 24.3 Å². The Morgan fingerprint density at radius 3 is 2.82 bits per heavy atom. The van der Waals surface area contributed by atoms with E-state index < -0.39 is 0 Å². The van der Waals surface area contributed by atoms with Crippen molar-refractivity contribution in [2.24, 2.45) is 0 Å². The maximum Gasteiger partial charge on any atom is 0.215 e. The van der Waals surface area contributed by atoms with Gasteiger partial charge in [0.05, 0.1) is 7.11 Å². The summed E-state index contributed by atoms with van der Waals surface area (Å²) in [7, 11) is 1.64. The lowest BCUT2D eigenvalue weighted by molar-refractivity contribution is 0.285. The first-order valence-electron chi connectivity index (χ1n) is 5.16. The van der Waals surface area contributed by atoms with Gasteiger partial charge in [-0.05, 0) is 12.1 Å². The molecule has 0 N–H and O–H groups in total. The lowest BCUT2D eigenvalue weighted by Gasteiger charge is -2.09. The summed E-state index contributed by atoms with van der Waals surface area (Å²) in [6.45, 7) is 0.400. The average Bonchev–Trinajstić information content (AvgIpc) is 2.37. The van der Waals surface area contributed by atoms with Gasteiger partial charge < -0.3 is 9.47 Å². The van der Waals surface area contributed by atoms with E-state index in [1.165, 1.54) is 0 Å². The number of methoxy groups -OCH3 is 1. The van der Waals surface area contributed by atoms with Crippen molar-refractivity contribution in [2.75, 3.05) is 7.11 Å². The average molecular weight is 250 g/mol. The quantitative estimate of drug-likeness (QED) is 0.833. The van der Waals surface area contributed by atoms with Crippen LogP contribution in [-0.2, 0) is 6.61 Å². The van der Waals surface area contributed by atoms with Gasteiger partial charge >= 0.3 is 0 Å². The molecule has 0 saturated heterocycles. The van der Waals surface area contributed by atoms with Gasteiger partial charge in [-0.1, -0.05) is 29.8 Å². The van der Waals surface area contributed by atoms with E-state index in [4.69, 9.17) is 21.1 Å². The minimum atomic E-state index is 0.400. The van der Waals surface area contributed by atoms with Crippen molar-refractivity contribution in [2.45, 2.75) is 6.61 Å². The molecular formula is C13H12ClNO2. The number of para-hydroxylation sites is 1. The topological polar surface area (TPSA) is 31.4 Å². The normalized spacial score (nSPS) is 10.0. The SMILES string of the molecule is COc1ccccc1COc1cc(Cl)ccn1. The lowest BCUT2D eigenvalue weighted by Crippen LogP contribution is -1.99. The predicted octanol–water partition coefficient (Wildman–Crippen LogP) is 3.32. The van der Waals surface area contributed by atoms with Crippen molar-refractivity contribution in [1.29, 1.82) is 0 Å². The Bertz CT molecular complexity index is 502. The molecule has 1 aromatic heterocycles. The third-order valence-corrected chi connectivity index (χ3v) is 2.50. The summed E-state index contributed by atoms with van der Waals surface area (Å²) in [4.78, 5) is 4.06. The Kier molecular flexibility index (Phi) is 3.83. The van der Waals surface area contributed by atoms with Crippen LogP contribution in [0.2, 0.25) is 5.02 Å². The van der Waals surface area contributed by atoms with Crippen LogP contribution in [0.25, 0.3) is 0 Å². The number of hydrogen-bond donors (Lipinski definition) is 0. The standard InChI is InChI=1S/C13H12ClNO2/c1-16-12-5-3-2-4-10(12)9-17-13-8-11(14)6-7-15-13/h2-8H,9H2,1H3. The number of halogens is 1. The highest BCUT2D eigenvalue weighted by molar-refractivity contribution is 6.30. The summed E-state index contributed by atoms with van der Waals surface area (Å²) in [6.07, 6.45) is 1.61. The molecule has 2 aromatic rings. The summed E-state index contributed by atoms with van der Waals surface area (Å²) < 4.78 is 10.8. The maximum atomic E-state index is 5.84. The van der Waals surface area contributed by atoms with Gasteiger partial charge in [-0.2, -0.15) is 0 Å². The monoisotopic (exact) mass is 249 g/mol. The molecule has 0 spiro atoms. The molecule has 17 heavy (non-hydrogen) atoms. The fourth-order valence-electron chi connectivity index (χ4n) is 1.44. The van der Waals surface area contributed by atoms with Gasteiger partial charge in [0, 0.05) is 22.8 Å². The zero-order valence-corrected chi connectivity index (χ0v) is 10.1. The van der Waals surface area contributed by atoms with E-state index in [0.717, 1.165) is 11.3 Å². The van der Waals surface area contributed by atoms with Crippen LogP contribution >= 0.6 is 11.6 Å². The molecule has 0 radical (unpaired) electrons. The van der Waals surface area contributed by atoms with Gasteiger partial charge in [0.1, 0.15) is 12.4 Å². The molecule has 2 rings (SSSR count). The molecule has 0 aliphatic rings. The molecule has 1 aromatic carbocycles. The van der Waals surface area contributed by atoms with E-state index in [2.05, 4.69) is 4.98 Å². The van der Waals surface area contributed by atoms with Gasteiger partial charge in [0.2, 0.25) is 5.88 Å². The highest BCUT2D eigenvalue weighted by Gasteiger charge is 2.03. The molecule has 0 bridgehead atoms. The second-order valence-electron chi connectivity index (χ2n) is 3.41. The highest BCUT2D eigenvalue weighted by atomic mass is 35.5. The molecular weight excluding hydrogens is 238 g/mol. The fourth-order valence-corrected chi connectivity index (χ4v) is 1.59. The van der Waals surface area contributed by atoms with Gasteiger partial charge in [-0.25, -0.2) is 4.98 Å². The summed E-state index contributed by atoms with van der Waals surface area (Å²) >= 11 is 5.84. The van der Waals surface area contributed by atoms with Crippen molar-refractivity contribution in [3.05, 3.63) is 53.2 Å². The van der Waals surface area contributed by atoms with E-state index in [-0.39, 0.29) is 0 Å². The smallest absolute Gasteiger partial charge is 0.215 e. The van der Waals surface area contributed by atoms with Crippen LogP contribution < -0.4 is 9.47 Å². The van der Waals surface area contributed by atoms with Crippen LogP contribution in [-0.4, -0.2) is 12.1 Å². The summed E-state index contributed by atoms with van der Waals surface area (Å²) in [5.41, 5.74) is 0.969. The van der Waals surface area contributed by atoms with E-state index in [9.17, 15) is 0 Å². The first-order valence-corrected chi connectivity index (χ1v) is 5.53. The molecule has 1 heterocycles. The Morgan fingerprint density at radius 2 is 2.06 bits per heavy atom. The molecule has 4 heteroatoms. The highest BCUT2D eigenvalue weighted by Crippen LogP contribution is 2.20. The van der Waals surface area contributed by atoms with Crippen molar-refractivity contribution < 1.29 is 9.47 Å². The van der Waals surface area contributed by atoms with Crippen LogP contribution in [0.5, 0.6) is 11.6 Å². The van der Waals surface area contributed by atoms with Crippen LogP contribution in [0.15, 0.2) is 42.6 Å². The molecule has 88 valence electrons. The first-order chi connectivity index (χ1) is 8.29. The van der Waals surface area contributed by atoms with Gasteiger partial charge in [0.25, 0.3) is 0 Å². The number of nitrogens with zero attached hydrogens (tertiary/aromatic N) is 1. The Labute approximate surface area is 105 Å². The molecule has 0 fully saturated rings. The molecule has 0 aliphatic heterocycles. The third-order valence-electron chi connectivity index (χ3n) is 2.26. The summed E-state index contributed by atoms with van der Waals surface area (Å²) in [6, 6.07) is 11.1. The van der Waals surface area contributed by atoms with E-state index >= 15 is 0 Å². The Morgan fingerprint density at radius 1 is 1.24 bits per heavy atom. The molecule has 0 amide bonds. The molecule has 0 aliphatic carbocycles. The molecule has 0 atom stereocenters. The second kappa shape index (κ2) is 5.55. The minimum absolute atomic E-state index is 0.400. The Hall–Kier alpha value is -1.74. The van der Waals surface area contributed by atoms with E-state index in [1.54, 1.807) is 25.4 Å². The van der Waals surface area contributed by atoms with Crippen LogP contribution in [0, 0.1) is 0 Å². The lowest BCUT2D eigenvalue weighted by atomic mass is 10.2. The number of rotatable bonds is 4. The third kappa shape index (κ3) is 3.11. The predicted molar refractivity (Wildman–Crippen MR) is 66.6 cm³/mol. The van der Waals surface area contributed by atoms with Gasteiger partial charge in [-0.3, -0.25) is 0 Å². The first kappa shape index (κ1) is 11.7. The van der Waals surface area contributed by atoms with Gasteiger partial charge in [0.15, 0.2) is 0 Å². The van der Waals surface area contributed by atoms with Crippen molar-refractivity contribution in [1.82, 2.24) is 4.98 Å². The second-order valence-corrected chi connectivity index (χ2v) is 3.85. The van der Waals surface area contributed by atoms with Crippen molar-refractivity contribution in [3.8, 4) is 11.6 Å². The van der Waals surface area contributed by atoms with E-state index in [0.29, 0.717) is 17.5 Å². The number of ether oxygens (including phenoxy) is 2. The number of aromatic nitrogens is 1. The number of hydrogen-bond acceptors (Lipinski definition) is 3. The fraction of sp³-hybridized carbons (Fsp3) is 0.154. The van der Waals surface area contributed by atoms with Crippen LogP contribution in [0.4, 0.5) is 0 Å².